The van der Waals surface area contributed by atoms with E-state index in [9.17, 15) is 9.90 Å². The molecule has 2 aromatic rings. The zero-order chi connectivity index (χ0) is 14.3. The van der Waals surface area contributed by atoms with Crippen molar-refractivity contribution in [3.63, 3.8) is 0 Å². The first-order valence-corrected chi connectivity index (χ1v) is 6.72. The van der Waals surface area contributed by atoms with Gasteiger partial charge in [-0.3, -0.25) is 4.79 Å². The molecule has 0 bridgehead atoms. The van der Waals surface area contributed by atoms with E-state index in [4.69, 9.17) is 11.6 Å². The smallest absolute Gasteiger partial charge is 0.257 e. The Morgan fingerprint density at radius 3 is 2.85 bits per heavy atom. The quantitative estimate of drug-likeness (QED) is 0.915. The number of benzene rings is 1. The molecule has 1 fully saturated rings. The summed E-state index contributed by atoms with van der Waals surface area (Å²) in [6.45, 7) is 2.62. The molecule has 2 heterocycles. The molecule has 104 valence electrons. The number of hydrogen-bond acceptors (Lipinski definition) is 3. The molecule has 1 amide bonds. The van der Waals surface area contributed by atoms with E-state index in [1.807, 2.05) is 19.1 Å². The number of aliphatic hydroxyl groups excluding tert-OH is 1. The lowest BCUT2D eigenvalue weighted by atomic mass is 10.1. The molecule has 20 heavy (non-hydrogen) atoms. The monoisotopic (exact) mass is 291 g/mol. The van der Waals surface area contributed by atoms with Gasteiger partial charge in [-0.2, -0.15) is 5.10 Å². The van der Waals surface area contributed by atoms with Crippen LogP contribution in [0.2, 0.25) is 5.02 Å². The van der Waals surface area contributed by atoms with Crippen LogP contribution in [0, 0.1) is 6.92 Å². The molecule has 6 heteroatoms. The molecule has 0 unspecified atom stereocenters. The van der Waals surface area contributed by atoms with Crippen molar-refractivity contribution < 1.29 is 9.90 Å². The third-order valence-corrected chi connectivity index (χ3v) is 3.68. The Hall–Kier alpha value is -1.85. The predicted molar refractivity (Wildman–Crippen MR) is 75.2 cm³/mol. The average molecular weight is 292 g/mol. The van der Waals surface area contributed by atoms with Crippen LogP contribution < -0.4 is 0 Å². The van der Waals surface area contributed by atoms with E-state index in [1.165, 1.54) is 0 Å². The minimum absolute atomic E-state index is 0.0962. The van der Waals surface area contributed by atoms with E-state index in [0.717, 1.165) is 11.4 Å². The third kappa shape index (κ3) is 2.19. The van der Waals surface area contributed by atoms with Crippen LogP contribution in [0.3, 0.4) is 0 Å². The van der Waals surface area contributed by atoms with Gasteiger partial charge in [0.1, 0.15) is 0 Å². The number of carbonyl (C=O) groups is 1. The van der Waals surface area contributed by atoms with Crippen LogP contribution in [0.4, 0.5) is 0 Å². The van der Waals surface area contributed by atoms with Crippen molar-refractivity contribution in [2.45, 2.75) is 13.0 Å². The molecular formula is C14H14ClN3O2. The van der Waals surface area contributed by atoms with Crippen molar-refractivity contribution in [2.24, 2.45) is 0 Å². The number of halogens is 1. The topological polar surface area (TPSA) is 58.4 Å². The molecule has 1 aliphatic heterocycles. The van der Waals surface area contributed by atoms with Crippen molar-refractivity contribution in [3.8, 4) is 5.69 Å². The van der Waals surface area contributed by atoms with Crippen LogP contribution >= 0.6 is 11.6 Å². The summed E-state index contributed by atoms with van der Waals surface area (Å²) in [5.74, 6) is -0.0962. The van der Waals surface area contributed by atoms with Crippen molar-refractivity contribution in [2.75, 3.05) is 13.1 Å². The number of nitrogens with zero attached hydrogens (tertiary/aromatic N) is 3. The molecular weight excluding hydrogens is 278 g/mol. The van der Waals surface area contributed by atoms with Gasteiger partial charge in [0.2, 0.25) is 0 Å². The van der Waals surface area contributed by atoms with E-state index in [-0.39, 0.29) is 5.91 Å². The van der Waals surface area contributed by atoms with E-state index in [1.54, 1.807) is 27.9 Å². The molecule has 5 nitrogen and oxygen atoms in total. The molecule has 3 rings (SSSR count). The van der Waals surface area contributed by atoms with E-state index in [2.05, 4.69) is 5.10 Å². The summed E-state index contributed by atoms with van der Waals surface area (Å²) in [5, 5.41) is 14.1. The Labute approximate surface area is 121 Å². The van der Waals surface area contributed by atoms with E-state index in [0.29, 0.717) is 23.7 Å². The van der Waals surface area contributed by atoms with Crippen LogP contribution in [0.5, 0.6) is 0 Å². The van der Waals surface area contributed by atoms with Crippen LogP contribution in [0.1, 0.15) is 16.1 Å². The lowest BCUT2D eigenvalue weighted by Gasteiger charge is -2.35. The molecule has 0 saturated carbocycles. The fraction of sp³-hybridized carbons (Fsp3) is 0.286. The zero-order valence-electron chi connectivity index (χ0n) is 11.0. The maximum absolute atomic E-state index is 12.2. The Kier molecular flexibility index (Phi) is 3.23. The standard InChI is InChI=1S/C14H14ClN3O2/c1-9-13(14(20)17-7-12(19)8-17)6-16-18(9)11-4-2-3-10(15)5-11/h2-6,12,19H,7-8H2,1H3. The fourth-order valence-corrected chi connectivity index (χ4v) is 2.46. The number of amides is 1. The summed E-state index contributed by atoms with van der Waals surface area (Å²) >= 11 is 5.97. The molecule has 0 radical (unpaired) electrons. The largest absolute Gasteiger partial charge is 0.389 e. The molecule has 1 saturated heterocycles. The van der Waals surface area contributed by atoms with Gasteiger partial charge in [0.15, 0.2) is 0 Å². The van der Waals surface area contributed by atoms with Gasteiger partial charge in [0, 0.05) is 18.1 Å². The average Bonchev–Trinajstić information content (AvgIpc) is 2.76. The summed E-state index contributed by atoms with van der Waals surface area (Å²) in [4.78, 5) is 13.8. The van der Waals surface area contributed by atoms with E-state index >= 15 is 0 Å². The minimum atomic E-state index is -0.401. The van der Waals surface area contributed by atoms with Gasteiger partial charge in [-0.05, 0) is 25.1 Å². The van der Waals surface area contributed by atoms with Crippen molar-refractivity contribution in [1.82, 2.24) is 14.7 Å². The second-order valence-corrected chi connectivity index (χ2v) is 5.34. The van der Waals surface area contributed by atoms with Gasteiger partial charge < -0.3 is 10.0 Å². The van der Waals surface area contributed by atoms with Crippen molar-refractivity contribution >= 4 is 17.5 Å². The second kappa shape index (κ2) is 4.92. The number of hydrogen-bond donors (Lipinski definition) is 1. The molecule has 0 spiro atoms. The second-order valence-electron chi connectivity index (χ2n) is 4.90. The highest BCUT2D eigenvalue weighted by Gasteiger charge is 2.31. The van der Waals surface area contributed by atoms with Gasteiger partial charge >= 0.3 is 0 Å². The van der Waals surface area contributed by atoms with Gasteiger partial charge in [-0.15, -0.1) is 0 Å². The highest BCUT2D eigenvalue weighted by molar-refractivity contribution is 6.30. The highest BCUT2D eigenvalue weighted by atomic mass is 35.5. The lowest BCUT2D eigenvalue weighted by Crippen LogP contribution is -2.53. The third-order valence-electron chi connectivity index (χ3n) is 3.44. The maximum atomic E-state index is 12.2. The van der Waals surface area contributed by atoms with Crippen molar-refractivity contribution in [3.05, 3.63) is 46.7 Å². The Bertz CT molecular complexity index is 662. The summed E-state index contributed by atoms with van der Waals surface area (Å²) < 4.78 is 1.69. The first kappa shape index (κ1) is 13.1. The number of aromatic nitrogens is 2. The number of carbonyl (C=O) groups excluding carboxylic acids is 1. The first-order valence-electron chi connectivity index (χ1n) is 6.34. The Balaban J connectivity index is 1.91. The molecule has 0 atom stereocenters. The van der Waals surface area contributed by atoms with Crippen LogP contribution in [0.25, 0.3) is 5.69 Å². The Morgan fingerprint density at radius 1 is 1.45 bits per heavy atom. The summed E-state index contributed by atoms with van der Waals surface area (Å²) in [6, 6.07) is 7.31. The lowest BCUT2D eigenvalue weighted by molar-refractivity contribution is 0.00584. The predicted octanol–water partition coefficient (Wildman–Crippen LogP) is 1.65. The fourth-order valence-electron chi connectivity index (χ4n) is 2.28. The van der Waals surface area contributed by atoms with Gasteiger partial charge in [-0.1, -0.05) is 17.7 Å². The van der Waals surface area contributed by atoms with Crippen molar-refractivity contribution in [1.29, 1.82) is 0 Å². The van der Waals surface area contributed by atoms with Crippen LogP contribution in [-0.2, 0) is 0 Å². The normalized spacial score (nSPS) is 15.2. The van der Waals surface area contributed by atoms with Crippen LogP contribution in [0.15, 0.2) is 30.5 Å². The zero-order valence-corrected chi connectivity index (χ0v) is 11.7. The first-order chi connectivity index (χ1) is 9.56. The molecule has 0 aliphatic carbocycles. The maximum Gasteiger partial charge on any atom is 0.257 e. The minimum Gasteiger partial charge on any atom is -0.389 e. The molecule has 1 aromatic heterocycles. The molecule has 1 N–H and O–H groups in total. The summed E-state index contributed by atoms with van der Waals surface area (Å²) in [5.41, 5.74) is 2.13. The number of likely N-dealkylation sites (tertiary alicyclic amines) is 1. The van der Waals surface area contributed by atoms with Crippen LogP contribution in [-0.4, -0.2) is 44.9 Å². The number of β-amino-alcohol motifs (C(OH)–C–C–N with tert-alkyl or cyclic N) is 1. The van der Waals surface area contributed by atoms with Gasteiger partial charge in [-0.25, -0.2) is 4.68 Å². The highest BCUT2D eigenvalue weighted by Crippen LogP contribution is 2.20. The number of aliphatic hydroxyl groups is 1. The van der Waals surface area contributed by atoms with Gasteiger partial charge in [0.05, 0.1) is 29.2 Å². The molecule has 1 aliphatic rings. The summed E-state index contributed by atoms with van der Waals surface area (Å²) in [7, 11) is 0. The summed E-state index contributed by atoms with van der Waals surface area (Å²) in [6.07, 6.45) is 1.16. The SMILES string of the molecule is Cc1c(C(=O)N2CC(O)C2)cnn1-c1cccc(Cl)c1. The van der Waals surface area contributed by atoms with E-state index < -0.39 is 6.10 Å². The Morgan fingerprint density at radius 2 is 2.20 bits per heavy atom. The molecule has 1 aromatic carbocycles. The van der Waals surface area contributed by atoms with Gasteiger partial charge in [0.25, 0.3) is 5.91 Å². The number of rotatable bonds is 2.